The predicted molar refractivity (Wildman–Crippen MR) is 114 cm³/mol. The van der Waals surface area contributed by atoms with Gasteiger partial charge >= 0.3 is 5.97 Å². The lowest BCUT2D eigenvalue weighted by molar-refractivity contribution is -0.133. The van der Waals surface area contributed by atoms with Gasteiger partial charge in [-0.05, 0) is 25.0 Å². The fourth-order valence-corrected chi connectivity index (χ4v) is 4.47. The van der Waals surface area contributed by atoms with E-state index in [-0.39, 0.29) is 15.7 Å². The van der Waals surface area contributed by atoms with Gasteiger partial charge < -0.3 is 9.84 Å². The van der Waals surface area contributed by atoms with Crippen molar-refractivity contribution in [2.45, 2.75) is 45.1 Å². The Kier molecular flexibility index (Phi) is 11.7. The molecule has 0 fully saturated rings. The summed E-state index contributed by atoms with van der Waals surface area (Å²) in [6, 6.07) is 9.42. The van der Waals surface area contributed by atoms with Crippen LogP contribution in [0.15, 0.2) is 54.6 Å². The SMILES string of the molecule is CCCCC/C=C/C=C/C(O)CC(=O)C(=Ic1ccccc1)C(=O)OC. The smallest absolute Gasteiger partial charge is 0.347 e. The number of Topliss-reactive ketones (excluding diaryl/α,β-unsaturated/α-hetero) is 1. The molecule has 0 bridgehead atoms. The third-order valence-corrected chi connectivity index (χ3v) is 6.42. The highest BCUT2D eigenvalue weighted by Crippen LogP contribution is 2.16. The van der Waals surface area contributed by atoms with Gasteiger partial charge in [0.05, 0.1) is 13.2 Å². The summed E-state index contributed by atoms with van der Waals surface area (Å²) in [6.45, 7) is 2.16. The zero-order valence-electron chi connectivity index (χ0n) is 15.4. The van der Waals surface area contributed by atoms with Gasteiger partial charge in [-0.2, -0.15) is 0 Å². The number of hydrogen-bond donors (Lipinski definition) is 1. The number of allylic oxidation sites excluding steroid dienone is 3. The zero-order valence-corrected chi connectivity index (χ0v) is 17.5. The Balaban J connectivity index is 2.66. The van der Waals surface area contributed by atoms with Crippen molar-refractivity contribution in [2.24, 2.45) is 0 Å². The second kappa shape index (κ2) is 13.6. The zero-order chi connectivity index (χ0) is 19.2. The maximum atomic E-state index is 12.4. The van der Waals surface area contributed by atoms with Crippen LogP contribution in [-0.4, -0.2) is 33.6 Å². The Labute approximate surface area is 165 Å². The number of ether oxygens (including phenoxy) is 1. The van der Waals surface area contributed by atoms with Crippen LogP contribution < -0.4 is 0 Å². The van der Waals surface area contributed by atoms with E-state index < -0.39 is 32.8 Å². The first-order valence-electron chi connectivity index (χ1n) is 8.78. The van der Waals surface area contributed by atoms with Gasteiger partial charge in [0.15, 0.2) is 5.78 Å². The molecule has 1 unspecified atom stereocenters. The van der Waals surface area contributed by atoms with Crippen molar-refractivity contribution in [3.63, 3.8) is 0 Å². The number of methoxy groups -OCH3 is 1. The van der Waals surface area contributed by atoms with Gasteiger partial charge in [0.1, 0.15) is 3.51 Å². The van der Waals surface area contributed by atoms with Crippen molar-refractivity contribution in [2.75, 3.05) is 7.11 Å². The Morgan fingerprint density at radius 3 is 2.58 bits per heavy atom. The summed E-state index contributed by atoms with van der Waals surface area (Å²) in [5.41, 5.74) is 0. The molecule has 5 heteroatoms. The van der Waals surface area contributed by atoms with Crippen molar-refractivity contribution in [3.05, 3.63) is 58.2 Å². The molecule has 1 aromatic carbocycles. The number of rotatable bonds is 11. The van der Waals surface area contributed by atoms with Crippen LogP contribution in [0.5, 0.6) is 0 Å². The molecule has 142 valence electrons. The molecule has 1 atom stereocenters. The first-order chi connectivity index (χ1) is 12.6. The van der Waals surface area contributed by atoms with Crippen LogP contribution in [0, 0.1) is 3.57 Å². The van der Waals surface area contributed by atoms with Gasteiger partial charge in [0.2, 0.25) is 0 Å². The van der Waals surface area contributed by atoms with Crippen LogP contribution in [0.25, 0.3) is 0 Å². The molecule has 0 saturated carbocycles. The molecule has 0 aromatic heterocycles. The number of aliphatic hydroxyl groups excluding tert-OH is 1. The summed E-state index contributed by atoms with van der Waals surface area (Å²) in [5, 5.41) is 10.0. The topological polar surface area (TPSA) is 63.6 Å². The van der Waals surface area contributed by atoms with Crippen LogP contribution >= 0.6 is 20.7 Å². The average Bonchev–Trinajstić information content (AvgIpc) is 2.65. The van der Waals surface area contributed by atoms with Crippen molar-refractivity contribution in [3.8, 4) is 0 Å². The van der Waals surface area contributed by atoms with E-state index >= 15 is 0 Å². The molecule has 0 amide bonds. The number of esters is 1. The fourth-order valence-electron chi connectivity index (χ4n) is 2.11. The minimum Gasteiger partial charge on any atom is -0.465 e. The number of unbranched alkanes of at least 4 members (excludes halogenated alkanes) is 3. The maximum Gasteiger partial charge on any atom is 0.347 e. The van der Waals surface area contributed by atoms with Crippen LogP contribution in [-0.2, 0) is 14.3 Å². The van der Waals surface area contributed by atoms with Crippen molar-refractivity contribution < 1.29 is 19.4 Å². The van der Waals surface area contributed by atoms with Crippen molar-refractivity contribution in [1.82, 2.24) is 0 Å². The van der Waals surface area contributed by atoms with Crippen LogP contribution in [0.3, 0.4) is 0 Å². The number of benzene rings is 1. The van der Waals surface area contributed by atoms with E-state index in [1.807, 2.05) is 42.5 Å². The second-order valence-corrected chi connectivity index (χ2v) is 8.56. The molecule has 1 aromatic rings. The molecular formula is C21H27IO4. The number of halogens is 1. The summed E-state index contributed by atoms with van der Waals surface area (Å²) in [7, 11) is 1.27. The molecule has 0 heterocycles. The van der Waals surface area contributed by atoms with Gasteiger partial charge in [-0.25, -0.2) is 4.79 Å². The number of ketones is 1. The van der Waals surface area contributed by atoms with Crippen LogP contribution in [0.1, 0.15) is 39.0 Å². The minimum atomic E-state index is -0.940. The molecule has 4 nitrogen and oxygen atoms in total. The lowest BCUT2D eigenvalue weighted by Gasteiger charge is -2.07. The van der Waals surface area contributed by atoms with Gasteiger partial charge in [0, 0.05) is 9.99 Å². The summed E-state index contributed by atoms with van der Waals surface area (Å²) >= 11 is -0.940. The highest BCUT2D eigenvalue weighted by atomic mass is 127. The Morgan fingerprint density at radius 1 is 1.19 bits per heavy atom. The molecule has 0 aliphatic carbocycles. The fraction of sp³-hybridized carbons (Fsp3) is 0.381. The van der Waals surface area contributed by atoms with Gasteiger partial charge in [-0.15, -0.1) is 0 Å². The van der Waals surface area contributed by atoms with E-state index in [0.29, 0.717) is 0 Å². The second-order valence-electron chi connectivity index (χ2n) is 5.70. The molecule has 0 spiro atoms. The van der Waals surface area contributed by atoms with E-state index in [2.05, 4.69) is 6.92 Å². The third kappa shape index (κ3) is 9.20. The molecule has 0 aliphatic heterocycles. The normalized spacial score (nSPS) is 13.6. The van der Waals surface area contributed by atoms with E-state index in [4.69, 9.17) is 4.74 Å². The monoisotopic (exact) mass is 470 g/mol. The Hall–Kier alpha value is -1.60. The van der Waals surface area contributed by atoms with E-state index in [1.54, 1.807) is 12.2 Å². The highest BCUT2D eigenvalue weighted by Gasteiger charge is 2.21. The third-order valence-electron chi connectivity index (χ3n) is 3.50. The molecule has 1 rings (SSSR count). The number of carbonyl (C=O) groups excluding carboxylic acids is 2. The standard InChI is InChI=1S/C21H27IO4/c1-3-4-5-6-7-8-12-15-18(23)16-19(24)20(21(25)26-2)22-17-13-10-9-11-14-17/h7-15,18,23H,3-6,16H2,1-2H3/b8-7+,15-12+. The summed E-state index contributed by atoms with van der Waals surface area (Å²) < 4.78 is 5.88. The number of hydrogen-bond acceptors (Lipinski definition) is 4. The lowest BCUT2D eigenvalue weighted by atomic mass is 10.1. The summed E-state index contributed by atoms with van der Waals surface area (Å²) in [4.78, 5) is 24.4. The predicted octanol–water partition coefficient (Wildman–Crippen LogP) is 4.19. The Bertz CT molecular complexity index is 647. The van der Waals surface area contributed by atoms with E-state index in [1.165, 1.54) is 20.0 Å². The van der Waals surface area contributed by atoms with Gasteiger partial charge in [-0.3, -0.25) is 4.79 Å². The first kappa shape index (κ1) is 22.4. The number of aliphatic hydroxyl groups is 1. The summed E-state index contributed by atoms with van der Waals surface area (Å²) in [6.07, 6.45) is 10.8. The Morgan fingerprint density at radius 2 is 1.92 bits per heavy atom. The largest absolute Gasteiger partial charge is 0.465 e. The lowest BCUT2D eigenvalue weighted by Crippen LogP contribution is -2.26. The van der Waals surface area contributed by atoms with Crippen LogP contribution in [0.4, 0.5) is 0 Å². The molecular weight excluding hydrogens is 443 g/mol. The molecule has 0 aliphatic rings. The maximum absolute atomic E-state index is 12.4. The molecule has 0 saturated heterocycles. The van der Waals surface area contributed by atoms with E-state index in [9.17, 15) is 14.7 Å². The van der Waals surface area contributed by atoms with Crippen molar-refractivity contribution in [1.29, 1.82) is 0 Å². The van der Waals surface area contributed by atoms with Gasteiger partial charge in [0.25, 0.3) is 0 Å². The average molecular weight is 470 g/mol. The molecule has 0 radical (unpaired) electrons. The quantitative estimate of drug-likeness (QED) is 0.173. The van der Waals surface area contributed by atoms with Crippen molar-refractivity contribution >= 4 is 36.0 Å². The van der Waals surface area contributed by atoms with Gasteiger partial charge in [-0.1, -0.05) is 83.0 Å². The molecule has 26 heavy (non-hydrogen) atoms. The number of carbonyl (C=O) groups is 2. The van der Waals surface area contributed by atoms with Crippen LogP contribution in [0.2, 0.25) is 0 Å². The summed E-state index contributed by atoms with van der Waals surface area (Å²) in [5.74, 6) is -0.948. The van der Waals surface area contributed by atoms with E-state index in [0.717, 1.165) is 16.4 Å². The molecule has 1 N–H and O–H groups in total. The minimum absolute atomic E-state index is 0.114. The highest BCUT2D eigenvalue weighted by molar-refractivity contribution is 14.2. The first-order valence-corrected chi connectivity index (χ1v) is 10.9.